The van der Waals surface area contributed by atoms with E-state index in [-0.39, 0.29) is 16.8 Å². The number of hydrogen-bond donors (Lipinski definition) is 2. The van der Waals surface area contributed by atoms with Crippen molar-refractivity contribution < 1.29 is 5.11 Å². The molecule has 0 aliphatic carbocycles. The third kappa shape index (κ3) is 4.46. The molecule has 0 radical (unpaired) electrons. The lowest BCUT2D eigenvalue weighted by atomic mass is 9.99. The van der Waals surface area contributed by atoms with Crippen LogP contribution in [0.25, 0.3) is 10.9 Å². The van der Waals surface area contributed by atoms with Gasteiger partial charge in [0.1, 0.15) is 11.8 Å². The van der Waals surface area contributed by atoms with Gasteiger partial charge in [-0.15, -0.1) is 5.10 Å². The number of tetrazole rings is 1. The number of aromatic hydroxyl groups is 1. The first-order valence-corrected chi connectivity index (χ1v) is 12.3. The Hall–Kier alpha value is -3.72. The summed E-state index contributed by atoms with van der Waals surface area (Å²) < 4.78 is 1.83. The van der Waals surface area contributed by atoms with Crippen LogP contribution >= 0.6 is 0 Å². The van der Waals surface area contributed by atoms with Crippen molar-refractivity contribution in [1.82, 2.24) is 30.1 Å². The van der Waals surface area contributed by atoms with Gasteiger partial charge in [0.05, 0.1) is 5.54 Å². The van der Waals surface area contributed by atoms with E-state index in [1.54, 1.807) is 12.1 Å². The van der Waals surface area contributed by atoms with Crippen molar-refractivity contribution in [2.24, 2.45) is 0 Å². The predicted molar refractivity (Wildman–Crippen MR) is 141 cm³/mol. The van der Waals surface area contributed by atoms with Crippen LogP contribution in [-0.4, -0.2) is 61.4 Å². The summed E-state index contributed by atoms with van der Waals surface area (Å²) in [5.41, 5.74) is 4.39. The number of nitrogens with zero attached hydrogens (tertiary/aromatic N) is 6. The van der Waals surface area contributed by atoms with Crippen LogP contribution in [0.1, 0.15) is 49.3 Å². The highest BCUT2D eigenvalue weighted by molar-refractivity contribution is 5.81. The van der Waals surface area contributed by atoms with Gasteiger partial charge in [0.2, 0.25) is 0 Å². The molecule has 0 unspecified atom stereocenters. The molecule has 0 spiro atoms. The fraction of sp³-hybridized carbons (Fsp3) is 0.407. The van der Waals surface area contributed by atoms with Crippen LogP contribution in [0.4, 0.5) is 5.69 Å². The number of phenols is 1. The highest BCUT2D eigenvalue weighted by Gasteiger charge is 2.35. The van der Waals surface area contributed by atoms with E-state index in [1.165, 1.54) is 5.56 Å². The molecule has 1 atom stereocenters. The molecule has 0 saturated carbocycles. The molecule has 2 aromatic carbocycles. The number of aromatic amines is 1. The Balaban J connectivity index is 1.56. The van der Waals surface area contributed by atoms with E-state index < -0.39 is 6.04 Å². The number of anilines is 1. The van der Waals surface area contributed by atoms with Gasteiger partial charge in [0.25, 0.3) is 5.56 Å². The average molecular weight is 488 g/mol. The highest BCUT2D eigenvalue weighted by atomic mass is 16.3. The second-order valence-corrected chi connectivity index (χ2v) is 10.6. The maximum Gasteiger partial charge on any atom is 0.253 e. The standard InChI is InChI=1S/C27H33N7O2/c1-17-14-19-16-22(26(36)28-23(19)15-18(17)2)24(25-29-30-31-34(25)27(3,4)5)33-12-10-32(11-13-33)20-6-8-21(35)9-7-20/h6-9,14-16,24,35H,10-13H2,1-5H3,(H,28,36)/t24-/m0/s1. The van der Waals surface area contributed by atoms with Crippen molar-refractivity contribution in [3.05, 3.63) is 75.3 Å². The van der Waals surface area contributed by atoms with Gasteiger partial charge in [-0.1, -0.05) is 0 Å². The third-order valence-corrected chi connectivity index (χ3v) is 7.05. The quantitative estimate of drug-likeness (QED) is 0.454. The summed E-state index contributed by atoms with van der Waals surface area (Å²) in [6.45, 7) is 13.3. The molecule has 0 bridgehead atoms. The summed E-state index contributed by atoms with van der Waals surface area (Å²) in [5.74, 6) is 0.918. The SMILES string of the molecule is Cc1cc2cc([C@@H](c3nnnn3C(C)(C)C)N3CCN(c4ccc(O)cc4)CC3)c(=O)[nH]c2cc1C. The molecule has 1 saturated heterocycles. The zero-order chi connectivity index (χ0) is 25.6. The lowest BCUT2D eigenvalue weighted by Crippen LogP contribution is -2.49. The van der Waals surface area contributed by atoms with Crippen LogP contribution in [0.3, 0.4) is 0 Å². The Kier molecular flexibility index (Phi) is 6.04. The Labute approximate surface area is 210 Å². The summed E-state index contributed by atoms with van der Waals surface area (Å²) in [5, 5.41) is 23.4. The van der Waals surface area contributed by atoms with E-state index in [4.69, 9.17) is 0 Å². The molecule has 1 aliphatic rings. The molecule has 1 aliphatic heterocycles. The summed E-state index contributed by atoms with van der Waals surface area (Å²) in [7, 11) is 0. The Morgan fingerprint density at radius 2 is 1.64 bits per heavy atom. The fourth-order valence-corrected chi connectivity index (χ4v) is 4.94. The molecule has 2 aromatic heterocycles. The molecule has 4 aromatic rings. The average Bonchev–Trinajstić information content (AvgIpc) is 3.32. The van der Waals surface area contributed by atoms with E-state index in [0.717, 1.165) is 48.3 Å². The number of pyridine rings is 1. The number of H-pyrrole nitrogens is 1. The first-order chi connectivity index (χ1) is 17.1. The minimum Gasteiger partial charge on any atom is -0.508 e. The largest absolute Gasteiger partial charge is 0.508 e. The lowest BCUT2D eigenvalue weighted by Gasteiger charge is -2.40. The maximum atomic E-state index is 13.5. The van der Waals surface area contributed by atoms with Crippen molar-refractivity contribution in [3.8, 4) is 5.75 Å². The number of phenolic OH excluding ortho intramolecular Hbond substituents is 1. The van der Waals surface area contributed by atoms with Crippen LogP contribution in [0.2, 0.25) is 0 Å². The number of fused-ring (bicyclic) bond motifs is 1. The number of rotatable bonds is 4. The topological polar surface area (TPSA) is 103 Å². The number of aromatic nitrogens is 5. The molecule has 0 amide bonds. The number of benzene rings is 2. The van der Waals surface area contributed by atoms with Crippen molar-refractivity contribution in [1.29, 1.82) is 0 Å². The Bertz CT molecular complexity index is 1440. The van der Waals surface area contributed by atoms with E-state index in [1.807, 2.05) is 28.9 Å². The van der Waals surface area contributed by atoms with Crippen molar-refractivity contribution >= 4 is 16.6 Å². The first-order valence-electron chi connectivity index (χ1n) is 12.3. The number of nitrogens with one attached hydrogen (secondary N) is 1. The van der Waals surface area contributed by atoms with E-state index >= 15 is 0 Å². The normalized spacial score (nSPS) is 16.0. The highest BCUT2D eigenvalue weighted by Crippen LogP contribution is 2.31. The molecule has 9 nitrogen and oxygen atoms in total. The molecular weight excluding hydrogens is 454 g/mol. The maximum absolute atomic E-state index is 13.5. The van der Waals surface area contributed by atoms with Gasteiger partial charge in [0.15, 0.2) is 5.82 Å². The Morgan fingerprint density at radius 3 is 2.31 bits per heavy atom. The molecule has 36 heavy (non-hydrogen) atoms. The van der Waals surface area contributed by atoms with Gasteiger partial charge in [-0.3, -0.25) is 9.69 Å². The van der Waals surface area contributed by atoms with Gasteiger partial charge in [-0.2, -0.15) is 0 Å². The van der Waals surface area contributed by atoms with Gasteiger partial charge >= 0.3 is 0 Å². The van der Waals surface area contributed by atoms with Crippen LogP contribution < -0.4 is 10.5 Å². The second kappa shape index (κ2) is 9.05. The molecule has 188 valence electrons. The van der Waals surface area contributed by atoms with Gasteiger partial charge in [0, 0.05) is 42.9 Å². The van der Waals surface area contributed by atoms with Crippen LogP contribution in [0.5, 0.6) is 5.75 Å². The number of piperazine rings is 1. The van der Waals surface area contributed by atoms with Gasteiger partial charge < -0.3 is 15.0 Å². The van der Waals surface area contributed by atoms with E-state index in [2.05, 4.69) is 71.0 Å². The van der Waals surface area contributed by atoms with Crippen LogP contribution in [0.15, 0.2) is 47.3 Å². The second-order valence-electron chi connectivity index (χ2n) is 10.6. The third-order valence-electron chi connectivity index (χ3n) is 7.05. The zero-order valence-electron chi connectivity index (χ0n) is 21.5. The Morgan fingerprint density at radius 1 is 0.972 bits per heavy atom. The first kappa shape index (κ1) is 24.0. The van der Waals surface area contributed by atoms with E-state index in [0.29, 0.717) is 11.4 Å². The lowest BCUT2D eigenvalue weighted by molar-refractivity contribution is 0.190. The van der Waals surface area contributed by atoms with Gasteiger partial charge in [-0.05, 0) is 104 Å². The summed E-state index contributed by atoms with van der Waals surface area (Å²) in [6, 6.07) is 13.0. The molecule has 2 N–H and O–H groups in total. The molecule has 5 rings (SSSR count). The van der Waals surface area contributed by atoms with Crippen LogP contribution in [0, 0.1) is 13.8 Å². The minimum atomic E-state index is -0.393. The molecule has 1 fully saturated rings. The van der Waals surface area contributed by atoms with Gasteiger partial charge in [-0.25, -0.2) is 4.68 Å². The van der Waals surface area contributed by atoms with Crippen molar-refractivity contribution in [3.63, 3.8) is 0 Å². The molecule has 3 heterocycles. The van der Waals surface area contributed by atoms with E-state index in [9.17, 15) is 9.90 Å². The predicted octanol–water partition coefficient (Wildman–Crippen LogP) is 3.50. The monoisotopic (exact) mass is 487 g/mol. The number of aryl methyl sites for hydroxylation is 2. The number of hydrogen-bond acceptors (Lipinski definition) is 7. The summed E-state index contributed by atoms with van der Waals surface area (Å²) >= 11 is 0. The minimum absolute atomic E-state index is 0.125. The summed E-state index contributed by atoms with van der Waals surface area (Å²) in [4.78, 5) is 21.2. The van der Waals surface area contributed by atoms with Crippen molar-refractivity contribution in [2.45, 2.75) is 46.2 Å². The molecule has 9 heteroatoms. The summed E-state index contributed by atoms with van der Waals surface area (Å²) in [6.07, 6.45) is 0. The smallest absolute Gasteiger partial charge is 0.253 e. The fourth-order valence-electron chi connectivity index (χ4n) is 4.94. The molecular formula is C27H33N7O2. The van der Waals surface area contributed by atoms with Crippen molar-refractivity contribution in [2.75, 3.05) is 31.1 Å². The zero-order valence-corrected chi connectivity index (χ0v) is 21.5. The van der Waals surface area contributed by atoms with Crippen LogP contribution in [-0.2, 0) is 5.54 Å².